The van der Waals surface area contributed by atoms with E-state index in [-0.39, 0.29) is 12.6 Å². The molecule has 0 aliphatic heterocycles. The highest BCUT2D eigenvalue weighted by atomic mass is 16.5. The Hall–Kier alpha value is -1.35. The summed E-state index contributed by atoms with van der Waals surface area (Å²) in [6.07, 6.45) is 18.7. The lowest BCUT2D eigenvalue weighted by molar-refractivity contribution is -0.140. The van der Waals surface area contributed by atoms with Crippen molar-refractivity contribution in [2.24, 2.45) is 0 Å². The Morgan fingerprint density at radius 1 is 0.947 bits per heavy atom. The number of ether oxygens (including phenoxy) is 1. The number of esters is 1. The van der Waals surface area contributed by atoms with Crippen molar-refractivity contribution >= 4 is 5.97 Å². The number of aliphatic hydroxyl groups is 1. The molecular formula is C16H26O3. The SMILES string of the molecule is COC(=O)CCCC/C=C\C/C=C\C/C=C\CCO. The third-order valence-corrected chi connectivity index (χ3v) is 2.57. The van der Waals surface area contributed by atoms with Gasteiger partial charge in [-0.2, -0.15) is 0 Å². The molecule has 3 heteroatoms. The van der Waals surface area contributed by atoms with E-state index in [1.165, 1.54) is 7.11 Å². The van der Waals surface area contributed by atoms with Gasteiger partial charge in [-0.1, -0.05) is 36.5 Å². The van der Waals surface area contributed by atoms with Crippen LogP contribution in [0.15, 0.2) is 36.5 Å². The van der Waals surface area contributed by atoms with E-state index in [1.807, 2.05) is 6.08 Å². The molecule has 0 fully saturated rings. The number of hydrogen-bond acceptors (Lipinski definition) is 3. The van der Waals surface area contributed by atoms with E-state index < -0.39 is 0 Å². The molecule has 108 valence electrons. The maximum absolute atomic E-state index is 10.8. The molecule has 19 heavy (non-hydrogen) atoms. The third kappa shape index (κ3) is 14.6. The maximum Gasteiger partial charge on any atom is 0.305 e. The van der Waals surface area contributed by atoms with Gasteiger partial charge >= 0.3 is 5.97 Å². The molecule has 0 amide bonds. The summed E-state index contributed by atoms with van der Waals surface area (Å²) < 4.78 is 4.57. The number of rotatable bonds is 11. The Kier molecular flexibility index (Phi) is 13.7. The minimum Gasteiger partial charge on any atom is -0.469 e. The molecule has 0 unspecified atom stereocenters. The van der Waals surface area contributed by atoms with Crippen LogP contribution in [0.5, 0.6) is 0 Å². The lowest BCUT2D eigenvalue weighted by Crippen LogP contribution is -1.98. The molecule has 0 saturated heterocycles. The minimum atomic E-state index is -0.124. The molecule has 0 aliphatic rings. The van der Waals surface area contributed by atoms with Gasteiger partial charge in [0, 0.05) is 13.0 Å². The van der Waals surface area contributed by atoms with Gasteiger partial charge in [-0.05, 0) is 38.5 Å². The fourth-order valence-electron chi connectivity index (χ4n) is 1.49. The Bertz CT molecular complexity index is 290. The van der Waals surface area contributed by atoms with Crippen LogP contribution in [0.3, 0.4) is 0 Å². The molecule has 1 N–H and O–H groups in total. The van der Waals surface area contributed by atoms with Gasteiger partial charge in [0.2, 0.25) is 0 Å². The van der Waals surface area contributed by atoms with Gasteiger partial charge in [0.05, 0.1) is 7.11 Å². The summed E-state index contributed by atoms with van der Waals surface area (Å²) in [6, 6.07) is 0. The van der Waals surface area contributed by atoms with Gasteiger partial charge in [-0.25, -0.2) is 0 Å². The van der Waals surface area contributed by atoms with Gasteiger partial charge in [0.15, 0.2) is 0 Å². The summed E-state index contributed by atoms with van der Waals surface area (Å²) in [7, 11) is 1.42. The number of methoxy groups -OCH3 is 1. The number of allylic oxidation sites excluding steroid dienone is 5. The Morgan fingerprint density at radius 2 is 1.53 bits per heavy atom. The van der Waals surface area contributed by atoms with E-state index in [4.69, 9.17) is 5.11 Å². The molecule has 0 heterocycles. The molecule has 3 nitrogen and oxygen atoms in total. The van der Waals surface area contributed by atoms with Crippen molar-refractivity contribution in [3.8, 4) is 0 Å². The first-order chi connectivity index (χ1) is 9.31. The standard InChI is InChI=1S/C16H26O3/c1-19-16(18)14-12-10-8-6-4-2-3-5-7-9-11-13-15-17/h3-6,9,11,17H,2,7-8,10,12-15H2,1H3/b5-3-,6-4-,11-9-. The van der Waals surface area contributed by atoms with Gasteiger partial charge in [0.25, 0.3) is 0 Å². The van der Waals surface area contributed by atoms with Crippen molar-refractivity contribution in [3.05, 3.63) is 36.5 Å². The highest BCUT2D eigenvalue weighted by molar-refractivity contribution is 5.68. The summed E-state index contributed by atoms with van der Waals surface area (Å²) in [5, 5.41) is 8.57. The van der Waals surface area contributed by atoms with E-state index in [9.17, 15) is 4.79 Å². The molecule has 0 aliphatic carbocycles. The van der Waals surface area contributed by atoms with E-state index in [2.05, 4.69) is 35.1 Å². The minimum absolute atomic E-state index is 0.124. The normalized spacial score (nSPS) is 11.9. The van der Waals surface area contributed by atoms with E-state index in [0.717, 1.165) is 38.5 Å². The lowest BCUT2D eigenvalue weighted by Gasteiger charge is -1.96. The Morgan fingerprint density at radius 3 is 2.11 bits per heavy atom. The maximum atomic E-state index is 10.8. The highest BCUT2D eigenvalue weighted by Crippen LogP contribution is 2.02. The van der Waals surface area contributed by atoms with Crippen LogP contribution in [0.2, 0.25) is 0 Å². The number of unbranched alkanes of at least 4 members (excludes halogenated alkanes) is 2. The first-order valence-corrected chi connectivity index (χ1v) is 6.94. The summed E-state index contributed by atoms with van der Waals surface area (Å²) in [5.74, 6) is -0.124. The fourth-order valence-corrected chi connectivity index (χ4v) is 1.49. The number of aliphatic hydroxyl groups excluding tert-OH is 1. The van der Waals surface area contributed by atoms with Crippen LogP contribution >= 0.6 is 0 Å². The summed E-state index contributed by atoms with van der Waals surface area (Å²) >= 11 is 0. The van der Waals surface area contributed by atoms with Crippen LogP contribution in [0, 0.1) is 0 Å². The molecule has 0 aromatic carbocycles. The largest absolute Gasteiger partial charge is 0.469 e. The van der Waals surface area contributed by atoms with Crippen LogP contribution in [0.25, 0.3) is 0 Å². The van der Waals surface area contributed by atoms with Gasteiger partial charge in [-0.3, -0.25) is 4.79 Å². The topological polar surface area (TPSA) is 46.5 Å². The van der Waals surface area contributed by atoms with Gasteiger partial charge < -0.3 is 9.84 Å². The summed E-state index contributed by atoms with van der Waals surface area (Å²) in [4.78, 5) is 10.8. The first kappa shape index (κ1) is 17.6. The average Bonchev–Trinajstić information content (AvgIpc) is 2.43. The molecule has 0 radical (unpaired) electrons. The predicted molar refractivity (Wildman–Crippen MR) is 78.8 cm³/mol. The highest BCUT2D eigenvalue weighted by Gasteiger charge is 1.97. The third-order valence-electron chi connectivity index (χ3n) is 2.57. The second-order valence-corrected chi connectivity index (χ2v) is 4.22. The molecule has 0 aromatic heterocycles. The molecular weight excluding hydrogens is 240 g/mol. The summed E-state index contributed by atoms with van der Waals surface area (Å²) in [6.45, 7) is 0.221. The predicted octanol–water partition coefficient (Wildman–Crippen LogP) is 3.55. The van der Waals surface area contributed by atoms with Crippen LogP contribution < -0.4 is 0 Å². The van der Waals surface area contributed by atoms with E-state index in [0.29, 0.717) is 6.42 Å². The lowest BCUT2D eigenvalue weighted by atomic mass is 10.2. The number of carbonyl (C=O) groups is 1. The van der Waals surface area contributed by atoms with Gasteiger partial charge in [-0.15, -0.1) is 0 Å². The smallest absolute Gasteiger partial charge is 0.305 e. The summed E-state index contributed by atoms with van der Waals surface area (Å²) in [5.41, 5.74) is 0. The van der Waals surface area contributed by atoms with Gasteiger partial charge in [0.1, 0.15) is 0 Å². The van der Waals surface area contributed by atoms with Crippen LogP contribution in [0.1, 0.15) is 44.9 Å². The zero-order valence-electron chi connectivity index (χ0n) is 11.9. The average molecular weight is 266 g/mol. The van der Waals surface area contributed by atoms with E-state index >= 15 is 0 Å². The molecule has 0 atom stereocenters. The van der Waals surface area contributed by atoms with Crippen LogP contribution in [-0.2, 0) is 9.53 Å². The van der Waals surface area contributed by atoms with E-state index in [1.54, 1.807) is 0 Å². The van der Waals surface area contributed by atoms with Crippen LogP contribution in [-0.4, -0.2) is 24.8 Å². The van der Waals surface area contributed by atoms with Crippen molar-refractivity contribution in [1.82, 2.24) is 0 Å². The second kappa shape index (κ2) is 14.7. The molecule has 0 spiro atoms. The van der Waals surface area contributed by atoms with Crippen LogP contribution in [0.4, 0.5) is 0 Å². The first-order valence-electron chi connectivity index (χ1n) is 6.94. The van der Waals surface area contributed by atoms with Crippen molar-refractivity contribution in [2.75, 3.05) is 13.7 Å². The molecule has 0 bridgehead atoms. The second-order valence-electron chi connectivity index (χ2n) is 4.22. The Labute approximate surface area is 116 Å². The Balaban J connectivity index is 3.34. The quantitative estimate of drug-likeness (QED) is 0.353. The fraction of sp³-hybridized carbons (Fsp3) is 0.562. The van der Waals surface area contributed by atoms with Crippen molar-refractivity contribution < 1.29 is 14.6 Å². The number of carbonyl (C=O) groups excluding carboxylic acids is 1. The zero-order valence-corrected chi connectivity index (χ0v) is 11.9. The van der Waals surface area contributed by atoms with Crippen molar-refractivity contribution in [2.45, 2.75) is 44.9 Å². The zero-order chi connectivity index (χ0) is 14.2. The molecule has 0 aromatic rings. The monoisotopic (exact) mass is 266 g/mol. The number of hydrogen-bond donors (Lipinski definition) is 1. The van der Waals surface area contributed by atoms with Crippen molar-refractivity contribution in [1.29, 1.82) is 0 Å². The molecule has 0 saturated carbocycles. The van der Waals surface area contributed by atoms with Crippen molar-refractivity contribution in [3.63, 3.8) is 0 Å². The molecule has 0 rings (SSSR count).